The maximum Gasteiger partial charge on any atom is 0.293 e. The summed E-state index contributed by atoms with van der Waals surface area (Å²) in [5.74, 6) is -0.328. The first-order chi connectivity index (χ1) is 15.8. The number of aromatic nitrogens is 2. The lowest BCUT2D eigenvalue weighted by atomic mass is 10.2. The summed E-state index contributed by atoms with van der Waals surface area (Å²) in [6.45, 7) is 3.31. The fraction of sp³-hybridized carbons (Fsp3) is 0.526. The molecule has 2 aromatic rings. The molecular formula is C19H24N6O6S2. The molecule has 0 aliphatic carbocycles. The van der Waals surface area contributed by atoms with Crippen LogP contribution < -0.4 is 10.2 Å². The number of carbonyl (C=O) groups excluding carboxylic acids is 1. The van der Waals surface area contributed by atoms with Crippen molar-refractivity contribution in [1.82, 2.24) is 14.5 Å². The number of amides is 1. The molecule has 4 rings (SSSR count). The molecule has 1 aromatic heterocycles. The van der Waals surface area contributed by atoms with Gasteiger partial charge in [-0.3, -0.25) is 20.2 Å². The Morgan fingerprint density at radius 1 is 1.30 bits per heavy atom. The Labute approximate surface area is 194 Å². The lowest BCUT2D eigenvalue weighted by molar-refractivity contribution is -0.384. The lowest BCUT2D eigenvalue weighted by Crippen LogP contribution is -2.41. The zero-order chi connectivity index (χ0) is 23.6. The number of nitrogens with one attached hydrogen (secondary N) is 1. The summed E-state index contributed by atoms with van der Waals surface area (Å²) < 4.78 is 32.4. The van der Waals surface area contributed by atoms with E-state index in [1.165, 1.54) is 27.8 Å². The van der Waals surface area contributed by atoms with E-state index in [2.05, 4.69) is 15.5 Å². The molecule has 1 amide bonds. The van der Waals surface area contributed by atoms with Gasteiger partial charge in [0.25, 0.3) is 5.69 Å². The smallest absolute Gasteiger partial charge is 0.293 e. The van der Waals surface area contributed by atoms with E-state index in [1.807, 2.05) is 6.92 Å². The van der Waals surface area contributed by atoms with Crippen LogP contribution in [0.4, 0.5) is 16.5 Å². The summed E-state index contributed by atoms with van der Waals surface area (Å²) in [5.41, 5.74) is -0.140. The second kappa shape index (κ2) is 9.67. The van der Waals surface area contributed by atoms with E-state index in [0.717, 1.165) is 11.1 Å². The van der Waals surface area contributed by atoms with E-state index in [1.54, 1.807) is 4.90 Å². The minimum Gasteiger partial charge on any atom is -0.379 e. The van der Waals surface area contributed by atoms with Crippen molar-refractivity contribution in [3.8, 4) is 0 Å². The Morgan fingerprint density at radius 3 is 2.73 bits per heavy atom. The SMILES string of the molecule is CCc1nnc(NC(=O)[C@@H]2CCCN2c2ccc(S(=O)(=O)N3CCOCC3)cc2[N+](=O)[O-])s1. The van der Waals surface area contributed by atoms with E-state index in [9.17, 15) is 23.3 Å². The highest BCUT2D eigenvalue weighted by Gasteiger charge is 2.36. The standard InChI is InChI=1S/C19H24N6O6S2/c1-2-17-21-22-19(32-17)20-18(26)15-4-3-7-24(15)14-6-5-13(12-16(14)25(27)28)33(29,30)23-8-10-31-11-9-23/h5-6,12,15H,2-4,7-11H2,1H3,(H,20,22,26)/t15-/m0/s1. The van der Waals surface area contributed by atoms with Crippen molar-refractivity contribution in [2.24, 2.45) is 0 Å². The van der Waals surface area contributed by atoms with Crippen LogP contribution in [0.1, 0.15) is 24.8 Å². The fourth-order valence-electron chi connectivity index (χ4n) is 3.95. The van der Waals surface area contributed by atoms with Crippen LogP contribution in [-0.4, -0.2) is 72.6 Å². The third-order valence-electron chi connectivity index (χ3n) is 5.62. The highest BCUT2D eigenvalue weighted by molar-refractivity contribution is 7.89. The van der Waals surface area contributed by atoms with Gasteiger partial charge in [0.1, 0.15) is 16.7 Å². The highest BCUT2D eigenvalue weighted by atomic mass is 32.2. The van der Waals surface area contributed by atoms with Gasteiger partial charge < -0.3 is 9.64 Å². The first-order valence-corrected chi connectivity index (χ1v) is 12.8. The zero-order valence-corrected chi connectivity index (χ0v) is 19.6. The number of nitro groups is 1. The molecule has 2 aliphatic heterocycles. The van der Waals surface area contributed by atoms with Gasteiger partial charge in [0.2, 0.25) is 21.1 Å². The van der Waals surface area contributed by atoms with Crippen LogP contribution in [0.15, 0.2) is 23.1 Å². The van der Waals surface area contributed by atoms with Crippen LogP contribution in [0, 0.1) is 10.1 Å². The number of nitrogens with zero attached hydrogens (tertiary/aromatic N) is 5. The van der Waals surface area contributed by atoms with E-state index in [0.29, 0.717) is 30.9 Å². The molecule has 0 radical (unpaired) electrons. The third kappa shape index (κ3) is 4.83. The number of morpholine rings is 1. The number of sulfonamides is 1. The molecule has 2 fully saturated rings. The molecule has 1 N–H and O–H groups in total. The molecule has 2 saturated heterocycles. The number of carbonyl (C=O) groups is 1. The van der Waals surface area contributed by atoms with Crippen LogP contribution in [0.25, 0.3) is 0 Å². The van der Waals surface area contributed by atoms with Crippen molar-refractivity contribution in [3.63, 3.8) is 0 Å². The largest absolute Gasteiger partial charge is 0.379 e. The molecule has 12 nitrogen and oxygen atoms in total. The van der Waals surface area contributed by atoms with Crippen molar-refractivity contribution in [1.29, 1.82) is 0 Å². The van der Waals surface area contributed by atoms with Gasteiger partial charge in [-0.2, -0.15) is 4.31 Å². The molecule has 2 aliphatic rings. The Kier molecular flexibility index (Phi) is 6.88. The van der Waals surface area contributed by atoms with E-state index in [-0.39, 0.29) is 48.5 Å². The molecule has 0 saturated carbocycles. The second-order valence-electron chi connectivity index (χ2n) is 7.62. The number of aryl methyl sites for hydroxylation is 1. The minimum absolute atomic E-state index is 0.152. The topological polar surface area (TPSA) is 148 Å². The summed E-state index contributed by atoms with van der Waals surface area (Å²) in [6.07, 6.45) is 1.88. The number of benzene rings is 1. The maximum absolute atomic E-state index is 13.0. The van der Waals surface area contributed by atoms with E-state index in [4.69, 9.17) is 4.74 Å². The van der Waals surface area contributed by atoms with Crippen molar-refractivity contribution >= 4 is 43.8 Å². The normalized spacial score (nSPS) is 19.5. The van der Waals surface area contributed by atoms with Gasteiger partial charge in [0.15, 0.2) is 0 Å². The highest BCUT2D eigenvalue weighted by Crippen LogP contribution is 2.36. The lowest BCUT2D eigenvalue weighted by Gasteiger charge is -2.27. The molecule has 0 bridgehead atoms. The van der Waals surface area contributed by atoms with Crippen molar-refractivity contribution < 1.29 is 22.9 Å². The molecule has 0 unspecified atom stereocenters. The maximum atomic E-state index is 13.0. The minimum atomic E-state index is -3.89. The molecule has 3 heterocycles. The van der Waals surface area contributed by atoms with E-state index < -0.39 is 21.0 Å². The summed E-state index contributed by atoms with van der Waals surface area (Å²) in [5, 5.41) is 23.7. The Bertz CT molecular complexity index is 1150. The van der Waals surface area contributed by atoms with Gasteiger partial charge in [-0.25, -0.2) is 8.42 Å². The van der Waals surface area contributed by atoms with Crippen molar-refractivity contribution in [3.05, 3.63) is 33.3 Å². The number of hydrogen-bond donors (Lipinski definition) is 1. The predicted molar refractivity (Wildman–Crippen MR) is 121 cm³/mol. The summed E-state index contributed by atoms with van der Waals surface area (Å²) in [4.78, 5) is 25.7. The van der Waals surface area contributed by atoms with Crippen LogP contribution >= 0.6 is 11.3 Å². The number of nitro benzene ring substituents is 1. The quantitative estimate of drug-likeness (QED) is 0.446. The molecule has 33 heavy (non-hydrogen) atoms. The van der Waals surface area contributed by atoms with E-state index >= 15 is 0 Å². The summed E-state index contributed by atoms with van der Waals surface area (Å²) in [7, 11) is -3.89. The molecule has 14 heteroatoms. The van der Waals surface area contributed by atoms with Crippen LogP contribution in [0.5, 0.6) is 0 Å². The van der Waals surface area contributed by atoms with Crippen LogP contribution in [0.3, 0.4) is 0 Å². The van der Waals surface area contributed by atoms with Gasteiger partial charge in [0, 0.05) is 25.7 Å². The zero-order valence-electron chi connectivity index (χ0n) is 18.0. The number of hydrogen-bond acceptors (Lipinski definition) is 10. The molecule has 1 aromatic carbocycles. The van der Waals surface area contributed by atoms with Crippen molar-refractivity contribution in [2.75, 3.05) is 43.1 Å². The van der Waals surface area contributed by atoms with Gasteiger partial charge in [0.05, 0.1) is 23.0 Å². The first kappa shape index (κ1) is 23.5. The summed E-state index contributed by atoms with van der Waals surface area (Å²) >= 11 is 1.28. The Balaban J connectivity index is 1.60. The number of ether oxygens (including phenoxy) is 1. The number of rotatable bonds is 7. The van der Waals surface area contributed by atoms with Gasteiger partial charge >= 0.3 is 0 Å². The predicted octanol–water partition coefficient (Wildman–Crippen LogP) is 1.64. The second-order valence-corrected chi connectivity index (χ2v) is 10.6. The first-order valence-electron chi connectivity index (χ1n) is 10.6. The van der Waals surface area contributed by atoms with Gasteiger partial charge in [-0.1, -0.05) is 18.3 Å². The average Bonchev–Trinajstić information content (AvgIpc) is 3.48. The third-order valence-corrected chi connectivity index (χ3v) is 8.49. The average molecular weight is 497 g/mol. The van der Waals surface area contributed by atoms with Gasteiger partial charge in [-0.15, -0.1) is 10.2 Å². The molecular weight excluding hydrogens is 472 g/mol. The monoisotopic (exact) mass is 496 g/mol. The van der Waals surface area contributed by atoms with Gasteiger partial charge in [-0.05, 0) is 31.4 Å². The fourth-order valence-corrected chi connectivity index (χ4v) is 6.06. The Hall–Kier alpha value is -2.68. The number of anilines is 2. The summed E-state index contributed by atoms with van der Waals surface area (Å²) in [6, 6.07) is 3.21. The Morgan fingerprint density at radius 2 is 2.06 bits per heavy atom. The molecule has 178 valence electrons. The van der Waals surface area contributed by atoms with Crippen LogP contribution in [-0.2, 0) is 26.0 Å². The van der Waals surface area contributed by atoms with Crippen molar-refractivity contribution in [2.45, 2.75) is 37.1 Å². The molecule has 0 spiro atoms. The molecule has 1 atom stereocenters. The van der Waals surface area contributed by atoms with Crippen LogP contribution in [0.2, 0.25) is 0 Å².